The van der Waals surface area contributed by atoms with Gasteiger partial charge < -0.3 is 15.8 Å². The predicted octanol–water partition coefficient (Wildman–Crippen LogP) is 1.56. The van der Waals surface area contributed by atoms with Gasteiger partial charge in [0.1, 0.15) is 5.75 Å². The average molecular weight is 257 g/mol. The third-order valence-electron chi connectivity index (χ3n) is 2.48. The number of benzene rings is 1. The van der Waals surface area contributed by atoms with Crippen LogP contribution in [0.25, 0.3) is 0 Å². The number of amides is 1. The minimum atomic E-state index is -0.177. The molecule has 0 aromatic heterocycles. The first kappa shape index (κ1) is 13.8. The maximum atomic E-state index is 11.5. The van der Waals surface area contributed by atoms with E-state index in [0.29, 0.717) is 23.9 Å². The van der Waals surface area contributed by atoms with Gasteiger partial charge in [-0.3, -0.25) is 4.79 Å². The molecule has 1 rings (SSSR count). The Balaban J connectivity index is 2.58. The number of methoxy groups -OCH3 is 1. The molecule has 0 saturated heterocycles. The molecule has 94 valence electrons. The summed E-state index contributed by atoms with van der Waals surface area (Å²) in [7, 11) is 1.56. The minimum absolute atomic E-state index is 0.0561. The van der Waals surface area contributed by atoms with Crippen molar-refractivity contribution in [2.24, 2.45) is 11.7 Å². The Kier molecular flexibility index (Phi) is 5.25. The smallest absolute Gasteiger partial charge is 0.224 e. The van der Waals surface area contributed by atoms with Crippen molar-refractivity contribution in [2.75, 3.05) is 13.7 Å². The van der Waals surface area contributed by atoms with E-state index in [1.165, 1.54) is 0 Å². The van der Waals surface area contributed by atoms with Gasteiger partial charge in [-0.1, -0.05) is 24.6 Å². The highest BCUT2D eigenvalue weighted by Crippen LogP contribution is 2.24. The van der Waals surface area contributed by atoms with Crippen LogP contribution in [0.2, 0.25) is 5.02 Å². The van der Waals surface area contributed by atoms with Crippen LogP contribution >= 0.6 is 11.6 Å². The lowest BCUT2D eigenvalue weighted by Gasteiger charge is -2.10. The number of nitrogens with one attached hydrogen (secondary N) is 1. The minimum Gasteiger partial charge on any atom is -0.495 e. The van der Waals surface area contributed by atoms with Crippen molar-refractivity contribution < 1.29 is 9.53 Å². The van der Waals surface area contributed by atoms with Crippen LogP contribution in [-0.4, -0.2) is 19.6 Å². The molecule has 17 heavy (non-hydrogen) atoms. The third-order valence-corrected chi connectivity index (χ3v) is 2.78. The van der Waals surface area contributed by atoms with E-state index in [1.54, 1.807) is 26.2 Å². The van der Waals surface area contributed by atoms with E-state index in [4.69, 9.17) is 22.1 Å². The summed E-state index contributed by atoms with van der Waals surface area (Å²) in [6, 6.07) is 5.40. The second-order valence-corrected chi connectivity index (χ2v) is 4.23. The fourth-order valence-corrected chi connectivity index (χ4v) is 1.57. The molecule has 4 nitrogen and oxygen atoms in total. The highest BCUT2D eigenvalue weighted by Gasteiger charge is 2.10. The zero-order chi connectivity index (χ0) is 12.8. The van der Waals surface area contributed by atoms with Crippen LogP contribution in [0.3, 0.4) is 0 Å². The highest BCUT2D eigenvalue weighted by atomic mass is 35.5. The van der Waals surface area contributed by atoms with Crippen LogP contribution in [0.1, 0.15) is 12.5 Å². The molecule has 0 radical (unpaired) electrons. The fourth-order valence-electron chi connectivity index (χ4n) is 1.29. The SMILES string of the molecule is COc1ccc(CNC(=O)C(C)CN)cc1Cl. The van der Waals surface area contributed by atoms with E-state index >= 15 is 0 Å². The lowest BCUT2D eigenvalue weighted by atomic mass is 10.1. The molecular formula is C12H17ClN2O2. The van der Waals surface area contributed by atoms with E-state index in [9.17, 15) is 4.79 Å². The Bertz CT molecular complexity index is 396. The predicted molar refractivity (Wildman–Crippen MR) is 68.1 cm³/mol. The number of ether oxygens (including phenoxy) is 1. The number of hydrogen-bond donors (Lipinski definition) is 2. The van der Waals surface area contributed by atoms with E-state index < -0.39 is 0 Å². The molecule has 1 atom stereocenters. The van der Waals surface area contributed by atoms with Gasteiger partial charge >= 0.3 is 0 Å². The van der Waals surface area contributed by atoms with Crippen LogP contribution in [0.4, 0.5) is 0 Å². The van der Waals surface area contributed by atoms with Crippen LogP contribution in [0.5, 0.6) is 5.75 Å². The van der Waals surface area contributed by atoms with Gasteiger partial charge in [-0.25, -0.2) is 0 Å². The number of halogens is 1. The van der Waals surface area contributed by atoms with Gasteiger partial charge in [-0.05, 0) is 17.7 Å². The summed E-state index contributed by atoms with van der Waals surface area (Å²) >= 11 is 5.98. The standard InChI is InChI=1S/C12H17ClN2O2/c1-8(6-14)12(16)15-7-9-3-4-11(17-2)10(13)5-9/h3-5,8H,6-7,14H2,1-2H3,(H,15,16). The van der Waals surface area contributed by atoms with Gasteiger partial charge in [0.25, 0.3) is 0 Å². The number of carbonyl (C=O) groups excluding carboxylic acids is 1. The Morgan fingerprint density at radius 2 is 2.29 bits per heavy atom. The number of rotatable bonds is 5. The molecule has 0 bridgehead atoms. The van der Waals surface area contributed by atoms with Crippen molar-refractivity contribution in [3.8, 4) is 5.75 Å². The normalized spacial score (nSPS) is 12.0. The molecule has 5 heteroatoms. The summed E-state index contributed by atoms with van der Waals surface area (Å²) in [6.45, 7) is 2.57. The van der Waals surface area contributed by atoms with Gasteiger partial charge in [0.15, 0.2) is 0 Å². The largest absolute Gasteiger partial charge is 0.495 e. The molecule has 0 aliphatic rings. The summed E-state index contributed by atoms with van der Waals surface area (Å²) in [6.07, 6.45) is 0. The lowest BCUT2D eigenvalue weighted by Crippen LogP contribution is -2.32. The first-order valence-electron chi connectivity index (χ1n) is 5.38. The quantitative estimate of drug-likeness (QED) is 0.840. The van der Waals surface area contributed by atoms with Crippen LogP contribution in [0.15, 0.2) is 18.2 Å². The fraction of sp³-hybridized carbons (Fsp3) is 0.417. The lowest BCUT2D eigenvalue weighted by molar-refractivity contribution is -0.124. The topological polar surface area (TPSA) is 64.3 Å². The Hall–Kier alpha value is -1.26. The molecular weight excluding hydrogens is 240 g/mol. The van der Waals surface area contributed by atoms with Gasteiger partial charge in [-0.15, -0.1) is 0 Å². The van der Waals surface area contributed by atoms with Gasteiger partial charge in [-0.2, -0.15) is 0 Å². The highest BCUT2D eigenvalue weighted by molar-refractivity contribution is 6.32. The summed E-state index contributed by atoms with van der Waals surface area (Å²) in [5.41, 5.74) is 6.33. The van der Waals surface area contributed by atoms with Gasteiger partial charge in [0, 0.05) is 19.0 Å². The second kappa shape index (κ2) is 6.47. The molecule has 1 unspecified atom stereocenters. The molecule has 0 saturated carbocycles. The van der Waals surface area contributed by atoms with Crippen molar-refractivity contribution >= 4 is 17.5 Å². The molecule has 1 aromatic carbocycles. The van der Waals surface area contributed by atoms with E-state index in [2.05, 4.69) is 5.32 Å². The van der Waals surface area contributed by atoms with Crippen molar-refractivity contribution in [1.29, 1.82) is 0 Å². The van der Waals surface area contributed by atoms with Crippen molar-refractivity contribution in [3.05, 3.63) is 28.8 Å². The van der Waals surface area contributed by atoms with Gasteiger partial charge in [0.2, 0.25) is 5.91 Å². The molecule has 1 amide bonds. The maximum Gasteiger partial charge on any atom is 0.224 e. The van der Waals surface area contributed by atoms with E-state index in [-0.39, 0.29) is 11.8 Å². The summed E-state index contributed by atoms with van der Waals surface area (Å²) in [5, 5.41) is 3.33. The van der Waals surface area contributed by atoms with E-state index in [1.807, 2.05) is 6.07 Å². The third kappa shape index (κ3) is 3.91. The molecule has 0 aliphatic carbocycles. The number of hydrogen-bond acceptors (Lipinski definition) is 3. The summed E-state index contributed by atoms with van der Waals surface area (Å²) in [5.74, 6) is 0.389. The zero-order valence-corrected chi connectivity index (χ0v) is 10.8. The number of carbonyl (C=O) groups is 1. The van der Waals surface area contributed by atoms with Crippen LogP contribution in [0, 0.1) is 5.92 Å². The van der Waals surface area contributed by atoms with Crippen molar-refractivity contribution in [1.82, 2.24) is 5.32 Å². The monoisotopic (exact) mass is 256 g/mol. The molecule has 1 aromatic rings. The first-order chi connectivity index (χ1) is 8.08. The van der Waals surface area contributed by atoms with Crippen LogP contribution in [-0.2, 0) is 11.3 Å². The van der Waals surface area contributed by atoms with Gasteiger partial charge in [0.05, 0.1) is 12.1 Å². The van der Waals surface area contributed by atoms with E-state index in [0.717, 1.165) is 5.56 Å². The molecule has 0 fully saturated rings. The second-order valence-electron chi connectivity index (χ2n) is 3.82. The molecule has 0 aliphatic heterocycles. The molecule has 3 N–H and O–H groups in total. The number of nitrogens with two attached hydrogens (primary N) is 1. The zero-order valence-electron chi connectivity index (χ0n) is 10.00. The summed E-state index contributed by atoms with van der Waals surface area (Å²) < 4.78 is 5.05. The Morgan fingerprint density at radius 1 is 1.59 bits per heavy atom. The molecule has 0 heterocycles. The average Bonchev–Trinajstić information content (AvgIpc) is 2.35. The molecule has 0 spiro atoms. The van der Waals surface area contributed by atoms with Crippen molar-refractivity contribution in [2.45, 2.75) is 13.5 Å². The Morgan fingerprint density at radius 3 is 2.82 bits per heavy atom. The van der Waals surface area contributed by atoms with Crippen molar-refractivity contribution in [3.63, 3.8) is 0 Å². The Labute approximate surface area is 106 Å². The van der Waals surface area contributed by atoms with Crippen LogP contribution < -0.4 is 15.8 Å². The maximum absolute atomic E-state index is 11.5. The summed E-state index contributed by atoms with van der Waals surface area (Å²) in [4.78, 5) is 11.5. The first-order valence-corrected chi connectivity index (χ1v) is 5.76.